The van der Waals surface area contributed by atoms with Crippen molar-refractivity contribution in [1.29, 1.82) is 0 Å². The molecule has 28 heavy (non-hydrogen) atoms. The monoisotopic (exact) mass is 378 g/mol. The van der Waals surface area contributed by atoms with Gasteiger partial charge in [0, 0.05) is 38.8 Å². The standard InChI is InChI=1S/C20H22N6O2/c1-21-20-17-18(26(2)11-23-17)14-8-15(24-19(14)25-20)13-6-4-5-12(7-13)9-22-16(27)10-28-3/h4-8,11H,9-10H2,1-3H3,(H,22,27)(H2,21,24,25). The van der Waals surface area contributed by atoms with Gasteiger partial charge in [0.15, 0.2) is 5.82 Å². The molecule has 0 saturated heterocycles. The van der Waals surface area contributed by atoms with E-state index in [4.69, 9.17) is 4.74 Å². The first kappa shape index (κ1) is 18.0. The Balaban J connectivity index is 1.72. The summed E-state index contributed by atoms with van der Waals surface area (Å²) in [7, 11) is 5.32. The van der Waals surface area contributed by atoms with Crippen molar-refractivity contribution in [3.63, 3.8) is 0 Å². The molecule has 0 radical (unpaired) electrons. The molecule has 8 nitrogen and oxygen atoms in total. The Kier molecular flexibility index (Phi) is 4.70. The van der Waals surface area contributed by atoms with Crippen LogP contribution in [0, 0.1) is 0 Å². The molecule has 3 N–H and O–H groups in total. The predicted molar refractivity (Wildman–Crippen MR) is 109 cm³/mol. The maximum absolute atomic E-state index is 11.6. The number of carbonyl (C=O) groups is 1. The number of methoxy groups -OCH3 is 1. The van der Waals surface area contributed by atoms with Crippen LogP contribution in [0.15, 0.2) is 36.7 Å². The average molecular weight is 378 g/mol. The fourth-order valence-electron chi connectivity index (χ4n) is 3.36. The van der Waals surface area contributed by atoms with Crippen LogP contribution in [0.25, 0.3) is 33.3 Å². The fourth-order valence-corrected chi connectivity index (χ4v) is 3.36. The summed E-state index contributed by atoms with van der Waals surface area (Å²) in [6.45, 7) is 0.506. The lowest BCUT2D eigenvalue weighted by Crippen LogP contribution is -2.26. The zero-order valence-corrected chi connectivity index (χ0v) is 16.0. The number of nitrogens with zero attached hydrogens (tertiary/aromatic N) is 3. The van der Waals surface area contributed by atoms with Crippen LogP contribution in [-0.2, 0) is 23.1 Å². The lowest BCUT2D eigenvalue weighted by Gasteiger charge is -2.06. The van der Waals surface area contributed by atoms with Crippen molar-refractivity contribution >= 4 is 33.8 Å². The number of H-pyrrole nitrogens is 1. The number of fused-ring (bicyclic) bond motifs is 3. The molecular weight excluding hydrogens is 356 g/mol. The first-order chi connectivity index (χ1) is 13.6. The molecule has 4 rings (SSSR count). The molecule has 0 aliphatic heterocycles. The van der Waals surface area contributed by atoms with Gasteiger partial charge in [0.25, 0.3) is 0 Å². The number of aryl methyl sites for hydroxylation is 1. The van der Waals surface area contributed by atoms with E-state index in [1.54, 1.807) is 6.33 Å². The maximum atomic E-state index is 11.6. The van der Waals surface area contributed by atoms with Crippen molar-refractivity contribution in [2.24, 2.45) is 7.05 Å². The zero-order chi connectivity index (χ0) is 19.7. The number of amides is 1. The third-order valence-corrected chi connectivity index (χ3v) is 4.68. The molecule has 0 aliphatic rings. The number of anilines is 1. The van der Waals surface area contributed by atoms with E-state index in [1.165, 1.54) is 7.11 Å². The van der Waals surface area contributed by atoms with Gasteiger partial charge in [-0.1, -0.05) is 18.2 Å². The average Bonchev–Trinajstić information content (AvgIpc) is 3.30. The summed E-state index contributed by atoms with van der Waals surface area (Å²) in [5.74, 6) is 0.604. The summed E-state index contributed by atoms with van der Waals surface area (Å²) in [5, 5.41) is 6.97. The smallest absolute Gasteiger partial charge is 0.246 e. The second-order valence-corrected chi connectivity index (χ2v) is 6.62. The van der Waals surface area contributed by atoms with Crippen molar-refractivity contribution in [2.75, 3.05) is 26.1 Å². The van der Waals surface area contributed by atoms with Gasteiger partial charge in [0.2, 0.25) is 5.91 Å². The number of aromatic nitrogens is 4. The van der Waals surface area contributed by atoms with E-state index in [0.29, 0.717) is 6.54 Å². The summed E-state index contributed by atoms with van der Waals surface area (Å²) >= 11 is 0. The van der Waals surface area contributed by atoms with Gasteiger partial charge < -0.3 is 24.9 Å². The first-order valence-corrected chi connectivity index (χ1v) is 8.97. The Morgan fingerprint density at radius 1 is 1.32 bits per heavy atom. The number of rotatable bonds is 6. The molecule has 1 aromatic carbocycles. The molecule has 0 fully saturated rings. The molecule has 4 aromatic rings. The van der Waals surface area contributed by atoms with Gasteiger partial charge >= 0.3 is 0 Å². The van der Waals surface area contributed by atoms with Gasteiger partial charge in [-0.2, -0.15) is 0 Å². The minimum atomic E-state index is -0.138. The second-order valence-electron chi connectivity index (χ2n) is 6.62. The van der Waals surface area contributed by atoms with Crippen LogP contribution < -0.4 is 10.6 Å². The van der Waals surface area contributed by atoms with Crippen molar-refractivity contribution in [1.82, 2.24) is 24.8 Å². The summed E-state index contributed by atoms with van der Waals surface area (Å²) in [5.41, 5.74) is 5.67. The third kappa shape index (κ3) is 3.18. The van der Waals surface area contributed by atoms with E-state index in [1.807, 2.05) is 36.9 Å². The van der Waals surface area contributed by atoms with Crippen molar-refractivity contribution in [3.8, 4) is 11.3 Å². The lowest BCUT2D eigenvalue weighted by molar-refractivity contribution is -0.124. The molecule has 144 valence electrons. The van der Waals surface area contributed by atoms with Crippen molar-refractivity contribution < 1.29 is 9.53 Å². The van der Waals surface area contributed by atoms with Crippen LogP contribution in [0.5, 0.6) is 0 Å². The Morgan fingerprint density at radius 3 is 2.96 bits per heavy atom. The number of hydrogen-bond donors (Lipinski definition) is 3. The topological polar surface area (TPSA) is 96.9 Å². The highest BCUT2D eigenvalue weighted by Crippen LogP contribution is 2.31. The normalized spacial score (nSPS) is 11.2. The largest absolute Gasteiger partial charge is 0.375 e. The molecule has 0 unspecified atom stereocenters. The highest BCUT2D eigenvalue weighted by molar-refractivity contribution is 6.07. The minimum absolute atomic E-state index is 0.0574. The van der Waals surface area contributed by atoms with Gasteiger partial charge in [0.05, 0.1) is 11.8 Å². The van der Waals surface area contributed by atoms with Gasteiger partial charge in [-0.3, -0.25) is 4.79 Å². The zero-order valence-electron chi connectivity index (χ0n) is 16.0. The number of ether oxygens (including phenoxy) is 1. The molecule has 3 aromatic heterocycles. The van der Waals surface area contributed by atoms with Crippen LogP contribution >= 0.6 is 0 Å². The third-order valence-electron chi connectivity index (χ3n) is 4.68. The predicted octanol–water partition coefficient (Wildman–Crippen LogP) is 2.42. The molecule has 0 saturated carbocycles. The molecule has 0 bridgehead atoms. The highest BCUT2D eigenvalue weighted by atomic mass is 16.5. The number of pyridine rings is 1. The fraction of sp³-hybridized carbons (Fsp3) is 0.250. The van der Waals surface area contributed by atoms with E-state index < -0.39 is 0 Å². The van der Waals surface area contributed by atoms with Gasteiger partial charge in [-0.15, -0.1) is 0 Å². The van der Waals surface area contributed by atoms with Gasteiger partial charge in [-0.05, 0) is 23.3 Å². The number of nitrogens with one attached hydrogen (secondary N) is 3. The molecule has 0 aliphatic carbocycles. The number of hydrogen-bond acceptors (Lipinski definition) is 5. The van der Waals surface area contributed by atoms with E-state index >= 15 is 0 Å². The maximum Gasteiger partial charge on any atom is 0.246 e. The Bertz CT molecular complexity index is 1160. The van der Waals surface area contributed by atoms with E-state index in [2.05, 4.69) is 37.7 Å². The van der Waals surface area contributed by atoms with E-state index in [9.17, 15) is 4.79 Å². The SMILES string of the molecule is CNc1nc2[nH]c(-c3cccc(CNC(=O)COC)c3)cc2c2c1ncn2C. The van der Waals surface area contributed by atoms with Gasteiger partial charge in [0.1, 0.15) is 17.8 Å². The molecule has 8 heteroatoms. The Morgan fingerprint density at radius 2 is 2.18 bits per heavy atom. The number of benzene rings is 1. The molecule has 1 amide bonds. The quantitative estimate of drug-likeness (QED) is 0.479. The molecule has 0 spiro atoms. The number of imidazole rings is 1. The lowest BCUT2D eigenvalue weighted by atomic mass is 10.1. The van der Waals surface area contributed by atoms with Crippen molar-refractivity contribution in [3.05, 3.63) is 42.2 Å². The van der Waals surface area contributed by atoms with Gasteiger partial charge in [-0.25, -0.2) is 9.97 Å². The first-order valence-electron chi connectivity index (χ1n) is 8.97. The minimum Gasteiger partial charge on any atom is -0.375 e. The number of carbonyl (C=O) groups excluding carboxylic acids is 1. The van der Waals surface area contributed by atoms with Crippen LogP contribution in [-0.4, -0.2) is 46.2 Å². The highest BCUT2D eigenvalue weighted by Gasteiger charge is 2.15. The summed E-state index contributed by atoms with van der Waals surface area (Å²) in [6, 6.07) is 10.1. The summed E-state index contributed by atoms with van der Waals surface area (Å²) in [4.78, 5) is 24.2. The Hall–Kier alpha value is -3.39. The molecule has 0 atom stereocenters. The van der Waals surface area contributed by atoms with E-state index in [-0.39, 0.29) is 12.5 Å². The van der Waals surface area contributed by atoms with Crippen LogP contribution in [0.3, 0.4) is 0 Å². The van der Waals surface area contributed by atoms with Crippen LogP contribution in [0.2, 0.25) is 0 Å². The van der Waals surface area contributed by atoms with Crippen LogP contribution in [0.1, 0.15) is 5.56 Å². The van der Waals surface area contributed by atoms with Crippen molar-refractivity contribution in [2.45, 2.75) is 6.54 Å². The van der Waals surface area contributed by atoms with Crippen LogP contribution in [0.4, 0.5) is 5.82 Å². The molecular formula is C20H22N6O2. The summed E-state index contributed by atoms with van der Waals surface area (Å²) < 4.78 is 6.84. The number of aromatic amines is 1. The second kappa shape index (κ2) is 7.32. The summed E-state index contributed by atoms with van der Waals surface area (Å²) in [6.07, 6.45) is 1.79. The molecule has 3 heterocycles. The Labute approximate surface area is 161 Å². The van der Waals surface area contributed by atoms with E-state index in [0.717, 1.165) is 44.7 Å².